The number of benzene rings is 1. The number of aromatic nitrogens is 1. The number of piperidine rings is 1. The fourth-order valence-corrected chi connectivity index (χ4v) is 2.82. The van der Waals surface area contributed by atoms with E-state index in [1.54, 1.807) is 24.3 Å². The highest BCUT2D eigenvalue weighted by Crippen LogP contribution is 2.29. The minimum Gasteiger partial charge on any atom is -0.339 e. The standard InChI is InChI=1S/C18H17F3N2O/c19-18(20,21)16-6-4-5-15(22-16)13-7-9-14(10-8-13)17(24)23-11-2-1-3-12-23/h4-10H,1-3,11-12H2. The van der Waals surface area contributed by atoms with Crippen molar-refractivity contribution in [3.05, 3.63) is 53.7 Å². The van der Waals surface area contributed by atoms with E-state index in [-0.39, 0.29) is 11.6 Å². The quantitative estimate of drug-likeness (QED) is 0.816. The minimum atomic E-state index is -4.47. The topological polar surface area (TPSA) is 33.2 Å². The Labute approximate surface area is 138 Å². The van der Waals surface area contributed by atoms with E-state index in [0.717, 1.165) is 38.4 Å². The summed E-state index contributed by atoms with van der Waals surface area (Å²) in [6.07, 6.45) is -1.31. The van der Waals surface area contributed by atoms with Crippen LogP contribution in [0.25, 0.3) is 11.3 Å². The molecule has 1 saturated heterocycles. The molecule has 126 valence electrons. The second-order valence-electron chi connectivity index (χ2n) is 5.84. The molecule has 1 fully saturated rings. The second kappa shape index (κ2) is 6.63. The summed E-state index contributed by atoms with van der Waals surface area (Å²) in [6.45, 7) is 1.52. The maximum Gasteiger partial charge on any atom is 0.433 e. The number of alkyl halides is 3. The summed E-state index contributed by atoms with van der Waals surface area (Å²) in [5.41, 5.74) is 0.416. The molecule has 1 aliphatic heterocycles. The molecule has 0 radical (unpaired) electrons. The van der Waals surface area contributed by atoms with Gasteiger partial charge in [0.2, 0.25) is 0 Å². The van der Waals surface area contributed by atoms with E-state index in [2.05, 4.69) is 4.98 Å². The summed E-state index contributed by atoms with van der Waals surface area (Å²) in [4.78, 5) is 17.9. The van der Waals surface area contributed by atoms with Crippen LogP contribution in [0.15, 0.2) is 42.5 Å². The average Bonchev–Trinajstić information content (AvgIpc) is 2.61. The van der Waals surface area contributed by atoms with E-state index in [1.165, 1.54) is 12.1 Å². The summed E-state index contributed by atoms with van der Waals surface area (Å²) in [5, 5.41) is 0. The monoisotopic (exact) mass is 334 g/mol. The van der Waals surface area contributed by atoms with E-state index < -0.39 is 11.9 Å². The number of rotatable bonds is 2. The van der Waals surface area contributed by atoms with Gasteiger partial charge in [-0.2, -0.15) is 13.2 Å². The maximum atomic E-state index is 12.7. The van der Waals surface area contributed by atoms with Gasteiger partial charge in [0.25, 0.3) is 5.91 Å². The zero-order valence-corrected chi connectivity index (χ0v) is 13.0. The highest BCUT2D eigenvalue weighted by atomic mass is 19.4. The third-order valence-corrected chi connectivity index (χ3v) is 4.11. The van der Waals surface area contributed by atoms with Crippen LogP contribution >= 0.6 is 0 Å². The summed E-state index contributed by atoms with van der Waals surface area (Å²) >= 11 is 0. The predicted molar refractivity (Wildman–Crippen MR) is 84.4 cm³/mol. The van der Waals surface area contributed by atoms with Crippen molar-refractivity contribution in [2.45, 2.75) is 25.4 Å². The number of carbonyl (C=O) groups is 1. The van der Waals surface area contributed by atoms with E-state index in [1.807, 2.05) is 4.90 Å². The number of halogens is 3. The first-order chi connectivity index (χ1) is 11.4. The van der Waals surface area contributed by atoms with Crippen molar-refractivity contribution in [1.29, 1.82) is 0 Å². The van der Waals surface area contributed by atoms with E-state index in [0.29, 0.717) is 11.1 Å². The van der Waals surface area contributed by atoms with E-state index >= 15 is 0 Å². The van der Waals surface area contributed by atoms with E-state index in [9.17, 15) is 18.0 Å². The number of carbonyl (C=O) groups excluding carboxylic acids is 1. The lowest BCUT2D eigenvalue weighted by molar-refractivity contribution is -0.141. The van der Waals surface area contributed by atoms with Crippen LogP contribution in [-0.4, -0.2) is 28.9 Å². The summed E-state index contributed by atoms with van der Waals surface area (Å²) in [7, 11) is 0. The van der Waals surface area contributed by atoms with Gasteiger partial charge in [0, 0.05) is 24.2 Å². The van der Waals surface area contributed by atoms with Crippen LogP contribution in [-0.2, 0) is 6.18 Å². The lowest BCUT2D eigenvalue weighted by atomic mass is 10.1. The third-order valence-electron chi connectivity index (χ3n) is 4.11. The number of pyridine rings is 1. The van der Waals surface area contributed by atoms with Crippen molar-refractivity contribution in [2.75, 3.05) is 13.1 Å². The Kier molecular flexibility index (Phi) is 4.55. The molecule has 2 heterocycles. The van der Waals surface area contributed by atoms with Gasteiger partial charge in [-0.1, -0.05) is 18.2 Å². The smallest absolute Gasteiger partial charge is 0.339 e. The molecule has 24 heavy (non-hydrogen) atoms. The summed E-state index contributed by atoms with van der Waals surface area (Å²) in [5.74, 6) is -0.0294. The molecule has 0 saturated carbocycles. The Balaban J connectivity index is 1.81. The first kappa shape index (κ1) is 16.5. The molecule has 2 aromatic rings. The Morgan fingerprint density at radius 3 is 2.25 bits per heavy atom. The number of likely N-dealkylation sites (tertiary alicyclic amines) is 1. The van der Waals surface area contributed by atoms with Crippen molar-refractivity contribution in [1.82, 2.24) is 9.88 Å². The number of hydrogen-bond acceptors (Lipinski definition) is 2. The summed E-state index contributed by atoms with van der Waals surface area (Å²) < 4.78 is 38.2. The van der Waals surface area contributed by atoms with Crippen LogP contribution in [0.4, 0.5) is 13.2 Å². The van der Waals surface area contributed by atoms with Gasteiger partial charge >= 0.3 is 6.18 Å². The molecule has 0 bridgehead atoms. The lowest BCUT2D eigenvalue weighted by Gasteiger charge is -2.26. The molecule has 0 atom stereocenters. The van der Waals surface area contributed by atoms with Crippen molar-refractivity contribution < 1.29 is 18.0 Å². The molecular weight excluding hydrogens is 317 g/mol. The summed E-state index contributed by atoms with van der Waals surface area (Å²) in [6, 6.07) is 10.4. The highest BCUT2D eigenvalue weighted by molar-refractivity contribution is 5.94. The van der Waals surface area contributed by atoms with Crippen molar-refractivity contribution in [2.24, 2.45) is 0 Å². The SMILES string of the molecule is O=C(c1ccc(-c2cccc(C(F)(F)F)n2)cc1)N1CCCCC1. The number of nitrogens with zero attached hydrogens (tertiary/aromatic N) is 2. The first-order valence-corrected chi connectivity index (χ1v) is 7.89. The third kappa shape index (κ3) is 3.58. The van der Waals surface area contributed by atoms with Gasteiger partial charge in [0.05, 0.1) is 5.69 Å². The van der Waals surface area contributed by atoms with Crippen LogP contribution in [0.2, 0.25) is 0 Å². The van der Waals surface area contributed by atoms with Crippen LogP contribution in [0, 0.1) is 0 Å². The van der Waals surface area contributed by atoms with Crippen LogP contribution < -0.4 is 0 Å². The van der Waals surface area contributed by atoms with Crippen molar-refractivity contribution in [3.8, 4) is 11.3 Å². The van der Waals surface area contributed by atoms with Crippen LogP contribution in [0.3, 0.4) is 0 Å². The highest BCUT2D eigenvalue weighted by Gasteiger charge is 2.32. The largest absolute Gasteiger partial charge is 0.433 e. The fourth-order valence-electron chi connectivity index (χ4n) is 2.82. The van der Waals surface area contributed by atoms with Crippen LogP contribution in [0.1, 0.15) is 35.3 Å². The molecule has 0 N–H and O–H groups in total. The average molecular weight is 334 g/mol. The van der Waals surface area contributed by atoms with Crippen molar-refractivity contribution >= 4 is 5.91 Å². The molecule has 1 aliphatic rings. The first-order valence-electron chi connectivity index (χ1n) is 7.89. The molecular formula is C18H17F3N2O. The lowest BCUT2D eigenvalue weighted by Crippen LogP contribution is -2.35. The molecule has 1 aromatic heterocycles. The van der Waals surface area contributed by atoms with Gasteiger partial charge in [0.1, 0.15) is 5.69 Å². The van der Waals surface area contributed by atoms with E-state index in [4.69, 9.17) is 0 Å². The minimum absolute atomic E-state index is 0.0294. The van der Waals surface area contributed by atoms with Gasteiger partial charge in [-0.05, 0) is 43.5 Å². The second-order valence-corrected chi connectivity index (χ2v) is 5.84. The molecule has 0 aliphatic carbocycles. The zero-order chi connectivity index (χ0) is 17.2. The maximum absolute atomic E-state index is 12.7. The Bertz CT molecular complexity index is 720. The van der Waals surface area contributed by atoms with Gasteiger partial charge in [-0.3, -0.25) is 4.79 Å². The normalized spacial score (nSPS) is 15.4. The molecule has 6 heteroatoms. The van der Waals surface area contributed by atoms with Crippen LogP contribution in [0.5, 0.6) is 0 Å². The Hall–Kier alpha value is -2.37. The fraction of sp³-hybridized carbons (Fsp3) is 0.333. The predicted octanol–water partition coefficient (Wildman–Crippen LogP) is 4.39. The van der Waals surface area contributed by atoms with Gasteiger partial charge in [-0.25, -0.2) is 4.98 Å². The number of amides is 1. The molecule has 1 amide bonds. The molecule has 0 spiro atoms. The molecule has 0 unspecified atom stereocenters. The Morgan fingerprint density at radius 2 is 1.62 bits per heavy atom. The number of hydrogen-bond donors (Lipinski definition) is 0. The Morgan fingerprint density at radius 1 is 0.958 bits per heavy atom. The molecule has 3 nitrogen and oxygen atoms in total. The van der Waals surface area contributed by atoms with Gasteiger partial charge < -0.3 is 4.90 Å². The van der Waals surface area contributed by atoms with Crippen molar-refractivity contribution in [3.63, 3.8) is 0 Å². The molecule has 1 aromatic carbocycles. The van der Waals surface area contributed by atoms with Gasteiger partial charge in [0.15, 0.2) is 0 Å². The zero-order valence-electron chi connectivity index (χ0n) is 13.0. The van der Waals surface area contributed by atoms with Gasteiger partial charge in [-0.15, -0.1) is 0 Å². The molecule has 3 rings (SSSR count).